The van der Waals surface area contributed by atoms with Gasteiger partial charge in [0, 0.05) is 12.1 Å². The monoisotopic (exact) mass is 341 g/mol. The number of aromatic amines is 1. The van der Waals surface area contributed by atoms with Crippen molar-refractivity contribution in [3.63, 3.8) is 0 Å². The average Bonchev–Trinajstić information content (AvgIpc) is 2.87. The van der Waals surface area contributed by atoms with E-state index >= 15 is 0 Å². The van der Waals surface area contributed by atoms with Gasteiger partial charge in [-0.3, -0.25) is 9.59 Å². The fourth-order valence-corrected chi connectivity index (χ4v) is 3.80. The van der Waals surface area contributed by atoms with E-state index in [0.717, 1.165) is 16.8 Å². The number of fused-ring (bicyclic) bond motifs is 1. The number of rotatable bonds is 3. The lowest BCUT2D eigenvalue weighted by molar-refractivity contribution is 0.103. The van der Waals surface area contributed by atoms with E-state index in [1.807, 2.05) is 39.0 Å². The molecule has 0 bridgehead atoms. The molecule has 0 saturated carbocycles. The molecule has 3 aromatic rings. The summed E-state index contributed by atoms with van der Waals surface area (Å²) in [6, 6.07) is 5.87. The van der Waals surface area contributed by atoms with Crippen LogP contribution >= 0.6 is 11.3 Å². The average molecular weight is 341 g/mol. The van der Waals surface area contributed by atoms with Gasteiger partial charge < -0.3 is 10.3 Å². The van der Waals surface area contributed by atoms with Gasteiger partial charge in [0.1, 0.15) is 10.7 Å². The van der Waals surface area contributed by atoms with Crippen LogP contribution in [0, 0.1) is 20.8 Å². The fourth-order valence-electron chi connectivity index (χ4n) is 2.71. The van der Waals surface area contributed by atoms with Crippen LogP contribution in [0.5, 0.6) is 0 Å². The number of carbonyl (C=O) groups excluding carboxylic acids is 1. The van der Waals surface area contributed by atoms with Crippen molar-refractivity contribution in [3.8, 4) is 0 Å². The molecule has 0 atom stereocenters. The third-order valence-electron chi connectivity index (χ3n) is 4.02. The summed E-state index contributed by atoms with van der Waals surface area (Å²) in [6.45, 7) is 7.69. The minimum atomic E-state index is -0.208. The van der Waals surface area contributed by atoms with E-state index in [4.69, 9.17) is 0 Å². The molecule has 0 saturated heterocycles. The summed E-state index contributed by atoms with van der Waals surface area (Å²) in [5, 5.41) is 3.44. The van der Waals surface area contributed by atoms with Crippen molar-refractivity contribution in [1.29, 1.82) is 0 Å². The van der Waals surface area contributed by atoms with Crippen LogP contribution in [0.15, 0.2) is 23.0 Å². The van der Waals surface area contributed by atoms with Crippen LogP contribution in [0.25, 0.3) is 10.2 Å². The lowest BCUT2D eigenvalue weighted by atomic mass is 10.1. The number of H-pyrrole nitrogens is 1. The second kappa shape index (κ2) is 6.20. The van der Waals surface area contributed by atoms with E-state index in [-0.39, 0.29) is 11.5 Å². The number of amides is 1. The van der Waals surface area contributed by atoms with Gasteiger partial charge in [0.2, 0.25) is 0 Å². The molecular formula is C18H19N3O2S. The van der Waals surface area contributed by atoms with Crippen LogP contribution in [0.4, 0.5) is 5.69 Å². The maximum Gasteiger partial charge on any atom is 0.266 e. The van der Waals surface area contributed by atoms with Gasteiger partial charge in [0.15, 0.2) is 0 Å². The molecule has 0 aliphatic heterocycles. The van der Waals surface area contributed by atoms with Gasteiger partial charge in [0.25, 0.3) is 11.5 Å². The van der Waals surface area contributed by atoms with Gasteiger partial charge >= 0.3 is 0 Å². The van der Waals surface area contributed by atoms with Crippen LogP contribution in [0.3, 0.4) is 0 Å². The van der Waals surface area contributed by atoms with E-state index in [0.29, 0.717) is 32.9 Å². The molecule has 0 radical (unpaired) electrons. The highest BCUT2D eigenvalue weighted by molar-refractivity contribution is 7.20. The van der Waals surface area contributed by atoms with Gasteiger partial charge in [-0.2, -0.15) is 0 Å². The smallest absolute Gasteiger partial charge is 0.266 e. The minimum absolute atomic E-state index is 0.184. The zero-order valence-corrected chi connectivity index (χ0v) is 14.9. The molecule has 5 nitrogen and oxygen atoms in total. The number of benzene rings is 1. The number of thiophene rings is 1. The lowest BCUT2D eigenvalue weighted by Gasteiger charge is -2.08. The summed E-state index contributed by atoms with van der Waals surface area (Å²) in [6.07, 6.45) is 0.645. The van der Waals surface area contributed by atoms with E-state index in [2.05, 4.69) is 15.3 Å². The topological polar surface area (TPSA) is 74.8 Å². The molecule has 1 amide bonds. The number of nitrogens with one attached hydrogen (secondary N) is 2. The van der Waals surface area contributed by atoms with Crippen LogP contribution in [-0.4, -0.2) is 15.9 Å². The molecule has 2 aromatic heterocycles. The Hall–Kier alpha value is -2.47. The molecule has 2 N–H and O–H groups in total. The molecule has 6 heteroatoms. The largest absolute Gasteiger partial charge is 0.321 e. The Morgan fingerprint density at radius 3 is 2.71 bits per heavy atom. The summed E-state index contributed by atoms with van der Waals surface area (Å²) in [5.74, 6) is 0.426. The number of nitrogens with zero attached hydrogens (tertiary/aromatic N) is 1. The van der Waals surface area contributed by atoms with Crippen molar-refractivity contribution >= 4 is 33.1 Å². The van der Waals surface area contributed by atoms with Gasteiger partial charge in [-0.1, -0.05) is 24.6 Å². The second-order valence-corrected chi connectivity index (χ2v) is 6.87. The third kappa shape index (κ3) is 2.85. The SMILES string of the molecule is CCc1nc2sc(C(=O)Nc3ccc(C)cc3C)c(C)c2c(=O)[nH]1. The summed E-state index contributed by atoms with van der Waals surface area (Å²) in [4.78, 5) is 33.2. The first-order chi connectivity index (χ1) is 11.4. The highest BCUT2D eigenvalue weighted by Crippen LogP contribution is 2.28. The van der Waals surface area contributed by atoms with Crippen molar-refractivity contribution in [2.45, 2.75) is 34.1 Å². The predicted octanol–water partition coefficient (Wildman–Crippen LogP) is 3.72. The number of hydrogen-bond acceptors (Lipinski definition) is 4. The van der Waals surface area contributed by atoms with Crippen LogP contribution in [0.2, 0.25) is 0 Å². The van der Waals surface area contributed by atoms with Gasteiger partial charge in [0.05, 0.1) is 10.3 Å². The Morgan fingerprint density at radius 1 is 1.29 bits per heavy atom. The quantitative estimate of drug-likeness (QED) is 0.762. The van der Waals surface area contributed by atoms with E-state index in [9.17, 15) is 9.59 Å². The first-order valence-electron chi connectivity index (χ1n) is 7.81. The molecule has 2 heterocycles. The molecule has 0 fully saturated rings. The minimum Gasteiger partial charge on any atom is -0.321 e. The maximum atomic E-state index is 12.7. The first-order valence-corrected chi connectivity index (χ1v) is 8.63. The summed E-state index contributed by atoms with van der Waals surface area (Å²) in [7, 11) is 0. The van der Waals surface area contributed by atoms with Crippen molar-refractivity contribution in [1.82, 2.24) is 9.97 Å². The van der Waals surface area contributed by atoms with Crippen molar-refractivity contribution in [3.05, 3.63) is 55.9 Å². The Kier molecular flexibility index (Phi) is 4.24. The standard InChI is InChI=1S/C18H19N3O2S/c1-5-13-20-16(22)14-11(4)15(24-18(14)21-13)17(23)19-12-7-6-9(2)8-10(12)3/h6-8H,5H2,1-4H3,(H,19,23)(H,20,21,22). The first kappa shape index (κ1) is 16.4. The number of hydrogen-bond donors (Lipinski definition) is 2. The number of aryl methyl sites for hydroxylation is 4. The predicted molar refractivity (Wildman–Crippen MR) is 98.2 cm³/mol. The second-order valence-electron chi connectivity index (χ2n) is 5.88. The molecular weight excluding hydrogens is 322 g/mol. The highest BCUT2D eigenvalue weighted by atomic mass is 32.1. The van der Waals surface area contributed by atoms with Crippen molar-refractivity contribution in [2.75, 3.05) is 5.32 Å². The molecule has 3 rings (SSSR count). The van der Waals surface area contributed by atoms with E-state index < -0.39 is 0 Å². The number of aromatic nitrogens is 2. The highest BCUT2D eigenvalue weighted by Gasteiger charge is 2.19. The summed E-state index contributed by atoms with van der Waals surface area (Å²) in [5.41, 5.74) is 3.42. The van der Waals surface area contributed by atoms with Crippen molar-refractivity contribution in [2.24, 2.45) is 0 Å². The normalized spacial score (nSPS) is 11.0. The Morgan fingerprint density at radius 2 is 2.04 bits per heavy atom. The van der Waals surface area contributed by atoms with Crippen LogP contribution < -0.4 is 10.9 Å². The molecule has 24 heavy (non-hydrogen) atoms. The lowest BCUT2D eigenvalue weighted by Crippen LogP contribution is -2.13. The van der Waals surface area contributed by atoms with E-state index in [1.54, 1.807) is 6.92 Å². The fraction of sp³-hybridized carbons (Fsp3) is 0.278. The van der Waals surface area contributed by atoms with E-state index in [1.165, 1.54) is 11.3 Å². The third-order valence-corrected chi connectivity index (χ3v) is 5.21. The summed E-state index contributed by atoms with van der Waals surface area (Å²) >= 11 is 1.26. The number of carbonyl (C=O) groups is 1. The molecule has 0 unspecified atom stereocenters. The van der Waals surface area contributed by atoms with Gasteiger partial charge in [-0.15, -0.1) is 11.3 Å². The molecule has 1 aromatic carbocycles. The number of anilines is 1. The van der Waals surface area contributed by atoms with Crippen molar-refractivity contribution < 1.29 is 4.79 Å². The Balaban J connectivity index is 2.02. The van der Waals surface area contributed by atoms with Crippen LogP contribution in [-0.2, 0) is 6.42 Å². The Labute approximate surface area is 143 Å². The zero-order chi connectivity index (χ0) is 17.4. The molecule has 124 valence electrons. The van der Waals surface area contributed by atoms with Crippen LogP contribution in [0.1, 0.15) is 39.1 Å². The van der Waals surface area contributed by atoms with Gasteiger partial charge in [-0.05, 0) is 38.0 Å². The molecule has 0 spiro atoms. The molecule has 0 aliphatic rings. The molecule has 0 aliphatic carbocycles. The Bertz CT molecular complexity index is 1000. The maximum absolute atomic E-state index is 12.7. The van der Waals surface area contributed by atoms with Gasteiger partial charge in [-0.25, -0.2) is 4.98 Å². The zero-order valence-electron chi connectivity index (χ0n) is 14.1. The summed E-state index contributed by atoms with van der Waals surface area (Å²) < 4.78 is 0.